The van der Waals surface area contributed by atoms with E-state index in [4.69, 9.17) is 0 Å². The molecule has 0 radical (unpaired) electrons. The molecule has 3 aliphatic heterocycles. The first-order chi connectivity index (χ1) is 10.5. The highest BCUT2D eigenvalue weighted by Gasteiger charge is 2.41. The van der Waals surface area contributed by atoms with Gasteiger partial charge in [-0.15, -0.1) is 0 Å². The minimum Gasteiger partial charge on any atom is -0.345 e. The lowest BCUT2D eigenvalue weighted by atomic mass is 10.0. The molecule has 3 aliphatic rings. The first kappa shape index (κ1) is 15.7. The van der Waals surface area contributed by atoms with Gasteiger partial charge in [0.05, 0.1) is 5.92 Å². The van der Waals surface area contributed by atoms with Crippen LogP contribution < -0.4 is 0 Å². The maximum absolute atomic E-state index is 12.4. The average molecular weight is 308 g/mol. The van der Waals surface area contributed by atoms with Crippen LogP contribution in [-0.2, 0) is 9.59 Å². The van der Waals surface area contributed by atoms with Crippen LogP contribution in [0.5, 0.6) is 0 Å². The van der Waals surface area contributed by atoms with E-state index in [1.807, 2.05) is 4.90 Å². The van der Waals surface area contributed by atoms with E-state index >= 15 is 0 Å². The lowest BCUT2D eigenvalue weighted by molar-refractivity contribution is -0.143. The molecule has 3 heterocycles. The predicted octanol–water partition coefficient (Wildman–Crippen LogP) is -0.298. The lowest BCUT2D eigenvalue weighted by Gasteiger charge is -2.49. The van der Waals surface area contributed by atoms with E-state index in [2.05, 4.69) is 23.6 Å². The van der Waals surface area contributed by atoms with Crippen LogP contribution in [0.2, 0.25) is 0 Å². The molecule has 0 aliphatic carbocycles. The molecule has 0 bridgehead atoms. The summed E-state index contributed by atoms with van der Waals surface area (Å²) < 4.78 is 0. The molecule has 1 atom stereocenters. The van der Waals surface area contributed by atoms with Gasteiger partial charge in [-0.3, -0.25) is 19.4 Å². The Balaban J connectivity index is 1.43. The monoisotopic (exact) mass is 308 g/mol. The molecular weight excluding hydrogens is 280 g/mol. The predicted molar refractivity (Wildman–Crippen MR) is 84.4 cm³/mol. The third-order valence-corrected chi connectivity index (χ3v) is 5.46. The average Bonchev–Trinajstić information content (AvgIpc) is 2.77. The van der Waals surface area contributed by atoms with Crippen molar-refractivity contribution < 1.29 is 9.59 Å². The van der Waals surface area contributed by atoms with Crippen molar-refractivity contribution in [2.75, 3.05) is 52.9 Å². The molecule has 3 rings (SSSR count). The van der Waals surface area contributed by atoms with Crippen molar-refractivity contribution in [3.63, 3.8) is 0 Å². The summed E-state index contributed by atoms with van der Waals surface area (Å²) in [6.45, 7) is 11.2. The Kier molecular flexibility index (Phi) is 4.41. The van der Waals surface area contributed by atoms with Crippen molar-refractivity contribution in [3.8, 4) is 0 Å². The lowest BCUT2D eigenvalue weighted by Crippen LogP contribution is -2.65. The van der Waals surface area contributed by atoms with Crippen LogP contribution in [0.15, 0.2) is 0 Å². The molecular formula is C16H28N4O2. The second-order valence-electron chi connectivity index (χ2n) is 7.24. The Morgan fingerprint density at radius 3 is 2.23 bits per heavy atom. The highest BCUT2D eigenvalue weighted by Crippen LogP contribution is 2.24. The van der Waals surface area contributed by atoms with E-state index in [1.165, 1.54) is 0 Å². The Hall–Kier alpha value is -1.14. The number of carbonyl (C=O) groups excluding carboxylic acids is 2. The zero-order valence-corrected chi connectivity index (χ0v) is 14.0. The van der Waals surface area contributed by atoms with Crippen molar-refractivity contribution in [1.82, 2.24) is 19.6 Å². The topological polar surface area (TPSA) is 47.1 Å². The number of carbonyl (C=O) groups is 2. The summed E-state index contributed by atoms with van der Waals surface area (Å²) in [5.41, 5.74) is 0. The van der Waals surface area contributed by atoms with Gasteiger partial charge in [0.1, 0.15) is 0 Å². The zero-order valence-electron chi connectivity index (χ0n) is 14.0. The summed E-state index contributed by atoms with van der Waals surface area (Å²) in [5, 5.41) is 0. The van der Waals surface area contributed by atoms with Crippen LogP contribution in [0.1, 0.15) is 20.3 Å². The number of hydrogen-bond acceptors (Lipinski definition) is 4. The fourth-order valence-electron chi connectivity index (χ4n) is 3.77. The van der Waals surface area contributed by atoms with Crippen LogP contribution in [-0.4, -0.2) is 96.4 Å². The van der Waals surface area contributed by atoms with Gasteiger partial charge in [-0.1, -0.05) is 0 Å². The van der Waals surface area contributed by atoms with Crippen LogP contribution in [0.25, 0.3) is 0 Å². The molecule has 0 aromatic carbocycles. The van der Waals surface area contributed by atoms with Crippen molar-refractivity contribution in [2.24, 2.45) is 5.92 Å². The molecule has 2 amide bonds. The summed E-state index contributed by atoms with van der Waals surface area (Å²) in [7, 11) is 1.78. The van der Waals surface area contributed by atoms with E-state index in [9.17, 15) is 9.59 Å². The minimum absolute atomic E-state index is 0.0974. The Morgan fingerprint density at radius 2 is 1.73 bits per heavy atom. The molecule has 0 aromatic heterocycles. The van der Waals surface area contributed by atoms with Crippen molar-refractivity contribution >= 4 is 11.8 Å². The summed E-state index contributed by atoms with van der Waals surface area (Å²) in [5.74, 6) is 0.159. The fraction of sp³-hybridized carbons (Fsp3) is 0.875. The molecule has 0 aromatic rings. The van der Waals surface area contributed by atoms with Gasteiger partial charge in [0.25, 0.3) is 0 Å². The van der Waals surface area contributed by atoms with Gasteiger partial charge in [0.2, 0.25) is 11.8 Å². The van der Waals surface area contributed by atoms with Gasteiger partial charge in [-0.2, -0.15) is 0 Å². The largest absolute Gasteiger partial charge is 0.345 e. The van der Waals surface area contributed by atoms with Crippen molar-refractivity contribution in [1.29, 1.82) is 0 Å². The maximum atomic E-state index is 12.4. The maximum Gasteiger partial charge on any atom is 0.228 e. The van der Waals surface area contributed by atoms with Crippen LogP contribution in [0.4, 0.5) is 0 Å². The Morgan fingerprint density at radius 1 is 1.09 bits per heavy atom. The van der Waals surface area contributed by atoms with Gasteiger partial charge >= 0.3 is 0 Å². The molecule has 0 spiro atoms. The number of hydrogen-bond donors (Lipinski definition) is 0. The van der Waals surface area contributed by atoms with E-state index in [1.54, 1.807) is 11.9 Å². The van der Waals surface area contributed by atoms with E-state index in [0.29, 0.717) is 25.0 Å². The molecule has 3 saturated heterocycles. The summed E-state index contributed by atoms with van der Waals surface area (Å²) >= 11 is 0. The number of nitrogens with zero attached hydrogens (tertiary/aromatic N) is 4. The fourth-order valence-corrected chi connectivity index (χ4v) is 3.77. The first-order valence-electron chi connectivity index (χ1n) is 8.46. The summed E-state index contributed by atoms with van der Waals surface area (Å²) in [4.78, 5) is 32.6. The highest BCUT2D eigenvalue weighted by molar-refractivity contribution is 5.89. The normalized spacial score (nSPS) is 28.5. The van der Waals surface area contributed by atoms with Gasteiger partial charge in [-0.05, 0) is 13.8 Å². The van der Waals surface area contributed by atoms with Crippen LogP contribution in [0.3, 0.4) is 0 Å². The number of rotatable bonds is 3. The van der Waals surface area contributed by atoms with E-state index in [-0.39, 0.29) is 17.7 Å². The molecule has 124 valence electrons. The van der Waals surface area contributed by atoms with Crippen molar-refractivity contribution in [3.05, 3.63) is 0 Å². The first-order valence-corrected chi connectivity index (χ1v) is 8.46. The molecule has 6 heteroatoms. The second kappa shape index (κ2) is 6.16. The third kappa shape index (κ3) is 2.99. The molecule has 22 heavy (non-hydrogen) atoms. The quantitative estimate of drug-likeness (QED) is 0.718. The van der Waals surface area contributed by atoms with Crippen molar-refractivity contribution in [2.45, 2.75) is 32.4 Å². The second-order valence-corrected chi connectivity index (χ2v) is 7.24. The third-order valence-electron chi connectivity index (χ3n) is 5.46. The Labute approximate surface area is 133 Å². The highest BCUT2D eigenvalue weighted by atomic mass is 16.2. The summed E-state index contributed by atoms with van der Waals surface area (Å²) in [6, 6.07) is 1.15. The zero-order chi connectivity index (χ0) is 15.9. The smallest absolute Gasteiger partial charge is 0.228 e. The number of likely N-dealkylation sites (tertiary alicyclic amines) is 2. The molecule has 0 N–H and O–H groups in total. The SMILES string of the molecule is CC(C)N1CCN(C2CN(C(=O)C3CC(=O)N(C)C3)C2)CC1. The Bertz CT molecular complexity index is 439. The standard InChI is InChI=1S/C16H28N4O2/c1-12(2)18-4-6-19(7-5-18)14-10-20(11-14)16(22)13-8-15(21)17(3)9-13/h12-14H,4-11H2,1-3H3. The number of amides is 2. The minimum atomic E-state index is -0.115. The summed E-state index contributed by atoms with van der Waals surface area (Å²) in [6.07, 6.45) is 0.392. The molecule has 6 nitrogen and oxygen atoms in total. The van der Waals surface area contributed by atoms with Gasteiger partial charge in [0.15, 0.2) is 0 Å². The van der Waals surface area contributed by atoms with E-state index < -0.39 is 0 Å². The van der Waals surface area contributed by atoms with Crippen LogP contribution in [0, 0.1) is 5.92 Å². The van der Waals surface area contributed by atoms with Crippen LogP contribution >= 0.6 is 0 Å². The van der Waals surface area contributed by atoms with Gasteiger partial charge < -0.3 is 9.80 Å². The number of piperazine rings is 1. The van der Waals surface area contributed by atoms with Gasteiger partial charge in [0, 0.05) is 71.4 Å². The molecule has 3 fully saturated rings. The molecule has 1 unspecified atom stereocenters. The van der Waals surface area contributed by atoms with E-state index in [0.717, 1.165) is 39.3 Å². The molecule has 0 saturated carbocycles. The van der Waals surface area contributed by atoms with Gasteiger partial charge in [-0.25, -0.2) is 0 Å².